The molecule has 2 aliphatic rings. The number of methoxy groups -OCH3 is 1. The third-order valence-corrected chi connectivity index (χ3v) is 7.07. The summed E-state index contributed by atoms with van der Waals surface area (Å²) in [6.45, 7) is 8.16. The summed E-state index contributed by atoms with van der Waals surface area (Å²) in [5, 5.41) is 4.05. The number of hydrogen-bond acceptors (Lipinski definition) is 7. The number of aryl methyl sites for hydroxylation is 2. The summed E-state index contributed by atoms with van der Waals surface area (Å²) in [7, 11) is 3.25. The number of carbonyl (C=O) groups is 1. The van der Waals surface area contributed by atoms with Crippen LogP contribution < -0.4 is 16.0 Å². The normalized spacial score (nSPS) is 16.7. The molecule has 0 spiro atoms. The molecule has 1 unspecified atom stereocenters. The van der Waals surface area contributed by atoms with Crippen LogP contribution in [-0.4, -0.2) is 49.2 Å². The predicted octanol–water partition coefficient (Wildman–Crippen LogP) is 4.76. The first-order valence-corrected chi connectivity index (χ1v) is 12.9. The summed E-state index contributed by atoms with van der Waals surface area (Å²) < 4.78 is 4.25. The average Bonchev–Trinajstić information content (AvgIpc) is 3.49. The second-order valence-corrected chi connectivity index (χ2v) is 9.44. The van der Waals surface area contributed by atoms with Crippen LogP contribution in [0.5, 0.6) is 0 Å². The first-order chi connectivity index (χ1) is 16.5. The average molecular weight is 484 g/mol. The Kier molecular flexibility index (Phi) is 9.24. The minimum atomic E-state index is -0.0988. The lowest BCUT2D eigenvalue weighted by atomic mass is 9.91. The van der Waals surface area contributed by atoms with Crippen LogP contribution in [0.4, 0.5) is 11.5 Å². The molecule has 1 amide bonds. The van der Waals surface area contributed by atoms with Crippen molar-refractivity contribution in [2.24, 2.45) is 0 Å². The smallest absolute Gasteiger partial charge is 0.263 e. The molecule has 0 bridgehead atoms. The van der Waals surface area contributed by atoms with Crippen molar-refractivity contribution < 1.29 is 9.53 Å². The molecular formula is C26H37N5O2S. The topological polar surface area (TPSA) is 93.4 Å². The molecule has 184 valence electrons. The molecule has 3 N–H and O–H groups in total. The molecule has 3 aromatic heterocycles. The van der Waals surface area contributed by atoms with Crippen molar-refractivity contribution in [1.82, 2.24) is 15.3 Å². The number of carbonyl (C=O) groups excluding carboxylic acids is 1. The van der Waals surface area contributed by atoms with Gasteiger partial charge in [-0.05, 0) is 62.8 Å². The molecule has 5 rings (SSSR count). The zero-order chi connectivity index (χ0) is 24.7. The number of pyridine rings is 2. The second kappa shape index (κ2) is 12.1. The number of amides is 1. The number of anilines is 2. The first-order valence-electron chi connectivity index (χ1n) is 12.1. The predicted molar refractivity (Wildman–Crippen MR) is 142 cm³/mol. The van der Waals surface area contributed by atoms with Crippen LogP contribution in [0.3, 0.4) is 0 Å². The number of rotatable bonds is 3. The van der Waals surface area contributed by atoms with Crippen molar-refractivity contribution in [1.29, 1.82) is 0 Å². The quantitative estimate of drug-likeness (QED) is 0.558. The van der Waals surface area contributed by atoms with Gasteiger partial charge < -0.3 is 20.7 Å². The van der Waals surface area contributed by atoms with Gasteiger partial charge in [-0.1, -0.05) is 19.9 Å². The van der Waals surface area contributed by atoms with Crippen molar-refractivity contribution in [3.63, 3.8) is 0 Å². The van der Waals surface area contributed by atoms with E-state index in [1.807, 2.05) is 32.9 Å². The van der Waals surface area contributed by atoms with Gasteiger partial charge in [-0.3, -0.25) is 4.79 Å². The fourth-order valence-electron chi connectivity index (χ4n) is 4.35. The van der Waals surface area contributed by atoms with E-state index in [0.29, 0.717) is 10.6 Å². The monoisotopic (exact) mass is 483 g/mol. The molecule has 1 fully saturated rings. The summed E-state index contributed by atoms with van der Waals surface area (Å²) in [6, 6.07) is 8.30. The zero-order valence-electron chi connectivity index (χ0n) is 21.0. The number of nitrogens with one attached hydrogen (secondary N) is 1. The van der Waals surface area contributed by atoms with Gasteiger partial charge in [0.15, 0.2) is 0 Å². The Balaban J connectivity index is 0.000000603. The minimum Gasteiger partial charge on any atom is -0.397 e. The van der Waals surface area contributed by atoms with Gasteiger partial charge >= 0.3 is 0 Å². The summed E-state index contributed by atoms with van der Waals surface area (Å²) in [6.07, 6.45) is 5.12. The molecule has 1 atom stereocenters. The molecule has 1 aliphatic heterocycles. The van der Waals surface area contributed by atoms with E-state index in [-0.39, 0.29) is 11.9 Å². The Morgan fingerprint density at radius 2 is 1.85 bits per heavy atom. The summed E-state index contributed by atoms with van der Waals surface area (Å²) in [4.78, 5) is 26.1. The van der Waals surface area contributed by atoms with E-state index in [9.17, 15) is 4.79 Å². The highest BCUT2D eigenvalue weighted by Gasteiger charge is 2.25. The van der Waals surface area contributed by atoms with Gasteiger partial charge in [0.25, 0.3) is 5.91 Å². The third-order valence-electron chi connectivity index (χ3n) is 5.95. The number of nitrogens with zero attached hydrogens (tertiary/aromatic N) is 3. The Bertz CT molecular complexity index is 1110. The maximum Gasteiger partial charge on any atom is 0.263 e. The van der Waals surface area contributed by atoms with Gasteiger partial charge in [-0.15, -0.1) is 11.3 Å². The summed E-state index contributed by atoms with van der Waals surface area (Å²) >= 11 is 1.37. The number of hydrogen-bond donors (Lipinski definition) is 2. The second-order valence-electron chi connectivity index (χ2n) is 8.44. The molecule has 8 heteroatoms. The molecule has 3 aromatic rings. The van der Waals surface area contributed by atoms with Crippen molar-refractivity contribution in [3.05, 3.63) is 46.1 Å². The summed E-state index contributed by atoms with van der Waals surface area (Å²) in [5.41, 5.74) is 10.1. The summed E-state index contributed by atoms with van der Waals surface area (Å²) in [5.74, 6) is 1.00. The zero-order valence-corrected chi connectivity index (χ0v) is 21.8. The molecule has 34 heavy (non-hydrogen) atoms. The van der Waals surface area contributed by atoms with Gasteiger partial charge in [0.2, 0.25) is 0 Å². The lowest BCUT2D eigenvalue weighted by Crippen LogP contribution is -2.39. The third kappa shape index (κ3) is 5.85. The van der Waals surface area contributed by atoms with E-state index in [4.69, 9.17) is 10.7 Å². The molecule has 0 saturated carbocycles. The van der Waals surface area contributed by atoms with E-state index in [1.54, 1.807) is 14.2 Å². The maximum atomic E-state index is 12.9. The number of ether oxygens (including phenoxy) is 1. The molecule has 1 saturated heterocycles. The van der Waals surface area contributed by atoms with E-state index in [2.05, 4.69) is 32.1 Å². The molecule has 7 nitrogen and oxygen atoms in total. The Morgan fingerprint density at radius 1 is 1.15 bits per heavy atom. The highest BCUT2D eigenvalue weighted by Crippen LogP contribution is 2.33. The Labute approximate surface area is 206 Å². The highest BCUT2D eigenvalue weighted by atomic mass is 32.1. The standard InChI is InChI=1S/C22H25N5OS.C2H6O.C2H6/c1-13-4-7-16-19(23)20(29-22(16)24-13)21(28)25-15-6-8-17-14(12-15)5-9-18(26-17)27-10-2-3-11-27;1-3-2;1-2/h4-5,7,9,15H,2-3,6,8,10-12,23H2,1H3,(H,25,28);1-2H3;1-2H3. The van der Waals surface area contributed by atoms with Crippen molar-refractivity contribution in [2.75, 3.05) is 37.9 Å². The fraction of sp³-hybridized carbons (Fsp3) is 0.500. The van der Waals surface area contributed by atoms with Gasteiger partial charge in [0.1, 0.15) is 15.5 Å². The van der Waals surface area contributed by atoms with Crippen LogP contribution in [0.25, 0.3) is 10.2 Å². The largest absolute Gasteiger partial charge is 0.397 e. The number of thiophene rings is 1. The van der Waals surface area contributed by atoms with Crippen molar-refractivity contribution in [2.45, 2.75) is 58.9 Å². The lowest BCUT2D eigenvalue weighted by Gasteiger charge is -2.26. The molecule has 0 aromatic carbocycles. The Hall–Kier alpha value is -2.71. The van der Waals surface area contributed by atoms with E-state index < -0.39 is 0 Å². The first kappa shape index (κ1) is 25.9. The number of fused-ring (bicyclic) bond motifs is 2. The van der Waals surface area contributed by atoms with Crippen LogP contribution in [-0.2, 0) is 17.6 Å². The highest BCUT2D eigenvalue weighted by molar-refractivity contribution is 7.21. The van der Waals surface area contributed by atoms with Gasteiger partial charge in [-0.25, -0.2) is 9.97 Å². The van der Waals surface area contributed by atoms with Crippen LogP contribution in [0, 0.1) is 6.92 Å². The SMILES string of the molecule is CC.COC.Cc1ccc2c(N)c(C(=O)NC3CCc4nc(N5CCCC5)ccc4C3)sc2n1. The van der Waals surface area contributed by atoms with Crippen molar-refractivity contribution >= 4 is 39.0 Å². The van der Waals surface area contributed by atoms with Crippen LogP contribution in [0.1, 0.15) is 59.7 Å². The van der Waals surface area contributed by atoms with Crippen LogP contribution >= 0.6 is 11.3 Å². The van der Waals surface area contributed by atoms with E-state index >= 15 is 0 Å². The van der Waals surface area contributed by atoms with Crippen LogP contribution in [0.2, 0.25) is 0 Å². The van der Waals surface area contributed by atoms with Gasteiger partial charge in [0.05, 0.1) is 5.69 Å². The van der Waals surface area contributed by atoms with Gasteiger partial charge in [-0.2, -0.15) is 0 Å². The maximum absolute atomic E-state index is 12.9. The number of nitrogen functional groups attached to an aromatic ring is 1. The fourth-order valence-corrected chi connectivity index (χ4v) is 5.40. The number of aromatic nitrogens is 2. The van der Waals surface area contributed by atoms with E-state index in [1.165, 1.54) is 35.4 Å². The minimum absolute atomic E-state index is 0.0988. The van der Waals surface area contributed by atoms with E-state index in [0.717, 1.165) is 54.1 Å². The lowest BCUT2D eigenvalue weighted by molar-refractivity contribution is 0.0938. The molecule has 4 heterocycles. The van der Waals surface area contributed by atoms with Crippen molar-refractivity contribution in [3.8, 4) is 0 Å². The molecule has 0 radical (unpaired) electrons. The molecular weight excluding hydrogens is 446 g/mol. The number of nitrogens with two attached hydrogens (primary N) is 1. The Morgan fingerprint density at radius 3 is 2.56 bits per heavy atom. The van der Waals surface area contributed by atoms with Crippen LogP contribution in [0.15, 0.2) is 24.3 Å². The van der Waals surface area contributed by atoms with Gasteiger partial charge in [0, 0.05) is 50.1 Å². The molecule has 1 aliphatic carbocycles.